The zero-order valence-corrected chi connectivity index (χ0v) is 14.8. The fourth-order valence-corrected chi connectivity index (χ4v) is 3.07. The topological polar surface area (TPSA) is 206 Å². The number of aliphatic hydroxyl groups excluding tert-OH is 1. The van der Waals surface area contributed by atoms with Crippen LogP contribution in [0.3, 0.4) is 0 Å². The van der Waals surface area contributed by atoms with E-state index >= 15 is 0 Å². The molecule has 0 rings (SSSR count). The van der Waals surface area contributed by atoms with Crippen LogP contribution in [0.5, 0.6) is 0 Å². The van der Waals surface area contributed by atoms with Crippen molar-refractivity contribution in [3.8, 4) is 0 Å². The minimum Gasteiger partial charge on any atom is -1.00 e. The summed E-state index contributed by atoms with van der Waals surface area (Å²) in [4.78, 5) is 40.2. The Kier molecular flexibility index (Phi) is 10.2. The third kappa shape index (κ3) is 11.1. The van der Waals surface area contributed by atoms with Crippen molar-refractivity contribution in [2.24, 2.45) is 16.5 Å². The zero-order valence-electron chi connectivity index (χ0n) is 10.9. The summed E-state index contributed by atoms with van der Waals surface area (Å²) >= 11 is 0. The van der Waals surface area contributed by atoms with Crippen molar-refractivity contribution in [3.05, 3.63) is 0 Å². The normalized spacial score (nSPS) is 15.6. The Morgan fingerprint density at radius 3 is 2.16 bits per heavy atom. The summed E-state index contributed by atoms with van der Waals surface area (Å²) in [6, 6.07) is 0. The Bertz CT molecular complexity index is 438. The molecule has 0 aliphatic rings. The van der Waals surface area contributed by atoms with Gasteiger partial charge in [-0.2, -0.15) is 0 Å². The van der Waals surface area contributed by atoms with Crippen LogP contribution in [-0.4, -0.2) is 50.3 Å². The second-order valence-electron chi connectivity index (χ2n) is 3.10. The van der Waals surface area contributed by atoms with Crippen LogP contribution in [0.2, 0.25) is 0 Å². The van der Waals surface area contributed by atoms with Crippen molar-refractivity contribution >= 4 is 27.1 Å². The van der Waals surface area contributed by atoms with E-state index in [2.05, 4.69) is 9.52 Å². The average Bonchev–Trinajstić information content (AvgIpc) is 2.11. The maximum absolute atomic E-state index is 11.3. The van der Waals surface area contributed by atoms with Crippen LogP contribution >= 0.6 is 15.2 Å². The molecule has 2 atom stereocenters. The van der Waals surface area contributed by atoms with Crippen molar-refractivity contribution in [1.82, 2.24) is 0 Å². The molecule has 0 aromatic heterocycles. The van der Waals surface area contributed by atoms with Crippen LogP contribution in [0.15, 0.2) is 4.99 Å². The first-order valence-corrected chi connectivity index (χ1v) is 7.71. The van der Waals surface area contributed by atoms with Crippen molar-refractivity contribution in [2.45, 2.75) is 5.85 Å². The maximum Gasteiger partial charge on any atom is 1.00 e. The number of carbonyl (C=O) groups excluding carboxylic acids is 1. The van der Waals surface area contributed by atoms with Crippen LogP contribution in [0.25, 0.3) is 0 Å². The van der Waals surface area contributed by atoms with Crippen molar-refractivity contribution < 1.29 is 91.0 Å². The van der Waals surface area contributed by atoms with E-state index in [1.165, 1.54) is 0 Å². The molecule has 0 aromatic carbocycles. The first-order chi connectivity index (χ1) is 7.94. The first kappa shape index (κ1) is 22.0. The number of hydrogen-bond acceptors (Lipinski definition) is 6. The summed E-state index contributed by atoms with van der Waals surface area (Å²) in [6.45, 7) is -0.768. The second kappa shape index (κ2) is 8.85. The van der Waals surface area contributed by atoms with Crippen molar-refractivity contribution in [1.29, 1.82) is 0 Å². The van der Waals surface area contributed by atoms with Gasteiger partial charge < -0.3 is 37.2 Å². The Morgan fingerprint density at radius 2 is 1.79 bits per heavy atom. The number of rotatable bonds is 6. The van der Waals surface area contributed by atoms with Crippen LogP contribution in [-0.2, 0) is 18.4 Å². The Hall–Kier alpha value is 0.676. The van der Waals surface area contributed by atoms with E-state index in [0.717, 1.165) is 0 Å². The summed E-state index contributed by atoms with van der Waals surface area (Å²) in [7, 11) is -9.67. The van der Waals surface area contributed by atoms with Gasteiger partial charge in [-0.1, -0.05) is 0 Å². The quantitative estimate of drug-likeness (QED) is 0.116. The van der Waals surface area contributed by atoms with Gasteiger partial charge in [0.1, 0.15) is 6.54 Å². The van der Waals surface area contributed by atoms with E-state index in [1.54, 1.807) is 0 Å². The molecule has 19 heavy (non-hydrogen) atoms. The SMILES string of the molecule is NC(N)=NCC(=O)OP(=O)(O)C(O)CP(=O)(O)O.[H-].[K+]. The van der Waals surface area contributed by atoms with E-state index in [9.17, 15) is 13.9 Å². The van der Waals surface area contributed by atoms with Gasteiger partial charge in [-0.15, -0.1) is 0 Å². The molecule has 0 aromatic rings. The van der Waals surface area contributed by atoms with Gasteiger partial charge >= 0.3 is 72.5 Å². The molecule has 0 heterocycles. The number of guanidine groups is 1. The first-order valence-electron chi connectivity index (χ1n) is 4.27. The second-order valence-corrected chi connectivity index (χ2v) is 6.70. The fraction of sp³-hybridized carbons (Fsp3) is 0.600. The molecule has 14 heteroatoms. The molecule has 2 unspecified atom stereocenters. The Balaban J connectivity index is -0.00000144. The van der Waals surface area contributed by atoms with Crippen LogP contribution < -0.4 is 62.9 Å². The van der Waals surface area contributed by atoms with Gasteiger partial charge in [-0.25, -0.2) is 14.4 Å². The van der Waals surface area contributed by atoms with Crippen molar-refractivity contribution in [3.63, 3.8) is 0 Å². The van der Waals surface area contributed by atoms with Gasteiger partial charge in [0.05, 0.1) is 6.16 Å². The largest absolute Gasteiger partial charge is 1.00 e. The maximum atomic E-state index is 11.3. The molecule has 0 aliphatic heterocycles. The van der Waals surface area contributed by atoms with E-state index in [4.69, 9.17) is 31.3 Å². The zero-order chi connectivity index (χ0) is 14.6. The van der Waals surface area contributed by atoms with Crippen LogP contribution in [0.4, 0.5) is 0 Å². The van der Waals surface area contributed by atoms with Crippen molar-refractivity contribution in [2.75, 3.05) is 12.7 Å². The molecular weight excluding hydrogens is 331 g/mol. The molecule has 0 amide bonds. The number of carbonyl (C=O) groups is 1. The van der Waals surface area contributed by atoms with Gasteiger partial charge in [0.25, 0.3) is 0 Å². The molecule has 0 saturated heterocycles. The summed E-state index contributed by atoms with van der Waals surface area (Å²) in [5, 5.41) is 9.07. The smallest absolute Gasteiger partial charge is 1.00 e. The number of hydrogen-bond donors (Lipinski definition) is 6. The molecule has 0 bridgehead atoms. The molecule has 0 saturated carbocycles. The number of aliphatic hydroxyl groups is 1. The molecule has 108 valence electrons. The standard InChI is InChI=1S/C5H13N3O8P2.K.H/c6-5(7)8-1-3(9)16-18(14,15)4(10)2-17(11,12)13;;/h4,10H,1-2H2,(H,14,15)(H4,6,7,8)(H2,11,12,13);;/q;+1;-1. The van der Waals surface area contributed by atoms with Crippen LogP contribution in [0, 0.1) is 0 Å². The fourth-order valence-electron chi connectivity index (χ4n) is 0.707. The van der Waals surface area contributed by atoms with Gasteiger partial charge in [-0.05, 0) is 0 Å². The van der Waals surface area contributed by atoms with E-state index in [1.807, 2.05) is 0 Å². The average molecular weight is 345 g/mol. The van der Waals surface area contributed by atoms with Gasteiger partial charge in [0, 0.05) is 0 Å². The van der Waals surface area contributed by atoms with Gasteiger partial charge in [0.2, 0.25) is 0 Å². The molecule has 8 N–H and O–H groups in total. The molecule has 0 spiro atoms. The summed E-state index contributed by atoms with van der Waals surface area (Å²) in [5.74, 6) is -4.20. The summed E-state index contributed by atoms with van der Waals surface area (Å²) < 4.78 is 25.7. The monoisotopic (exact) mass is 345 g/mol. The predicted octanol–water partition coefficient (Wildman–Crippen LogP) is -5.40. The molecule has 0 aliphatic carbocycles. The minimum atomic E-state index is -4.93. The molecule has 11 nitrogen and oxygen atoms in total. The molecule has 0 radical (unpaired) electrons. The van der Waals surface area contributed by atoms with Crippen LogP contribution in [0.1, 0.15) is 1.43 Å². The minimum absolute atomic E-state index is 0. The van der Waals surface area contributed by atoms with Gasteiger partial charge in [-0.3, -0.25) is 4.57 Å². The third-order valence-electron chi connectivity index (χ3n) is 1.40. The number of aliphatic imine (C=N–C) groups is 1. The van der Waals surface area contributed by atoms with E-state index in [-0.39, 0.29) is 52.8 Å². The molecular formula is C5H14KN3O8P2. The third-order valence-corrected chi connectivity index (χ3v) is 3.91. The predicted molar refractivity (Wildman–Crippen MR) is 60.6 cm³/mol. The number of nitrogens with two attached hydrogens (primary N) is 2. The Morgan fingerprint density at radius 1 is 1.32 bits per heavy atom. The summed E-state index contributed by atoms with van der Waals surface area (Å²) in [6.07, 6.45) is -1.32. The van der Waals surface area contributed by atoms with E-state index < -0.39 is 45.7 Å². The summed E-state index contributed by atoms with van der Waals surface area (Å²) in [5.41, 5.74) is 9.77. The van der Waals surface area contributed by atoms with Gasteiger partial charge in [0.15, 0.2) is 11.8 Å². The number of nitrogens with zero attached hydrogens (tertiary/aromatic N) is 1. The molecule has 0 fully saturated rings. The Labute approximate surface area is 152 Å². The van der Waals surface area contributed by atoms with E-state index in [0.29, 0.717) is 0 Å².